The highest BCUT2D eigenvalue weighted by Crippen LogP contribution is 2.56. The second-order valence-corrected chi connectivity index (χ2v) is 19.8. The van der Waals surface area contributed by atoms with Gasteiger partial charge in [-0.05, 0) is 105 Å². The van der Waals surface area contributed by atoms with Crippen molar-refractivity contribution in [2.24, 2.45) is 0 Å². The number of benzene rings is 9. The first kappa shape index (κ1) is 43.5. The lowest BCUT2D eigenvalue weighted by atomic mass is 9.61. The molecule has 9 aromatic carbocycles. The van der Waals surface area contributed by atoms with E-state index in [0.717, 1.165) is 100 Å². The molecule has 0 amide bonds. The third-order valence-corrected chi connectivity index (χ3v) is 15.3. The highest BCUT2D eigenvalue weighted by Gasteiger charge is 2.41. The molecule has 0 saturated carbocycles. The van der Waals surface area contributed by atoms with E-state index >= 15 is 0 Å². The number of aromatic nitrogens is 6. The zero-order valence-corrected chi connectivity index (χ0v) is 41.1. The van der Waals surface area contributed by atoms with E-state index in [4.69, 9.17) is 29.9 Å². The van der Waals surface area contributed by atoms with Crippen molar-refractivity contribution >= 4 is 21.8 Å². The number of rotatable bonds is 8. The van der Waals surface area contributed by atoms with E-state index in [1.807, 2.05) is 48.8 Å². The Hall–Kier alpha value is -10.0. The van der Waals surface area contributed by atoms with Gasteiger partial charge >= 0.3 is 0 Å². The minimum absolute atomic E-state index is 0.0173. The number of hydrogen-bond donors (Lipinski definition) is 0. The Morgan fingerprint density at radius 2 is 0.592 bits per heavy atom. The summed E-state index contributed by atoms with van der Waals surface area (Å²) in [5.74, 6) is 1.41. The molecule has 13 aromatic rings. The van der Waals surface area contributed by atoms with Crippen LogP contribution in [0.4, 0.5) is 0 Å². The van der Waals surface area contributed by atoms with Gasteiger partial charge in [0, 0.05) is 79.5 Å². The van der Waals surface area contributed by atoms with Gasteiger partial charge in [-0.15, -0.1) is 0 Å². The van der Waals surface area contributed by atoms with Gasteiger partial charge in [-0.2, -0.15) is 0 Å². The van der Waals surface area contributed by atoms with Crippen LogP contribution in [0.15, 0.2) is 255 Å². The summed E-state index contributed by atoms with van der Waals surface area (Å²) in [5, 5.41) is 2.22. The molecule has 0 N–H and O–H groups in total. The Morgan fingerprint density at radius 3 is 1.05 bits per heavy atom. The van der Waals surface area contributed by atoms with Gasteiger partial charge in [-0.3, -0.25) is 9.97 Å². The van der Waals surface area contributed by atoms with E-state index < -0.39 is 0 Å². The van der Waals surface area contributed by atoms with E-state index in [2.05, 4.69) is 206 Å². The first-order valence-electron chi connectivity index (χ1n) is 25.8. The standard InChI is InChI=1S/C70H44N6/c1-3-15-43(16-4-1)63-39-65(49-23-13-21-45(33-49)53-35-47-19-7-11-27-61(47)71-41-53)75-69(73-63)51-29-31-57-59(37-51)67-55-25-9-10-26-56(55)68(57)60-38-52(30-32-58(60)67)70-74-64(44-17-5-2-6-18-44)40-66(76-70)50-24-14-22-46(34-50)54-36-48-20-8-12-28-62(48)72-42-54/h1-42,67-68H. The highest BCUT2D eigenvalue weighted by atomic mass is 14.9. The van der Waals surface area contributed by atoms with E-state index in [1.165, 1.54) is 33.4 Å². The maximum Gasteiger partial charge on any atom is 0.160 e. The molecular weight excluding hydrogens is 925 g/mol. The average Bonchev–Trinajstić information content (AvgIpc) is 3.56. The summed E-state index contributed by atoms with van der Waals surface area (Å²) in [6, 6.07) is 85.9. The minimum atomic E-state index is 0.0173. The summed E-state index contributed by atoms with van der Waals surface area (Å²) in [6.45, 7) is 0. The molecule has 4 heterocycles. The Bertz CT molecular complexity index is 4150. The van der Waals surface area contributed by atoms with Crippen LogP contribution in [0.5, 0.6) is 0 Å². The molecule has 2 atom stereocenters. The Kier molecular flexibility index (Phi) is 10.2. The summed E-state index contributed by atoms with van der Waals surface area (Å²) >= 11 is 0. The number of hydrogen-bond acceptors (Lipinski definition) is 6. The molecule has 76 heavy (non-hydrogen) atoms. The second kappa shape index (κ2) is 17.9. The summed E-state index contributed by atoms with van der Waals surface area (Å²) in [5.41, 5.74) is 23.6. The van der Waals surface area contributed by atoms with E-state index in [-0.39, 0.29) is 11.8 Å². The summed E-state index contributed by atoms with van der Waals surface area (Å²) in [4.78, 5) is 30.9. The maximum atomic E-state index is 5.37. The molecule has 0 spiro atoms. The lowest BCUT2D eigenvalue weighted by Gasteiger charge is -2.42. The van der Waals surface area contributed by atoms with E-state index in [9.17, 15) is 0 Å². The Morgan fingerprint density at radius 1 is 0.224 bits per heavy atom. The SMILES string of the molecule is c1ccc(-c2cc(-c3cccc(-c4cnc5ccccc5c4)c3)nc(-c3ccc4c(c3)C3c5ccccc5C4c4cc(-c5nc(-c6ccccc6)cc(-c6cccc(-c7cnc8ccccc8c7)c6)n5)ccc43)n2)cc1. The zero-order chi connectivity index (χ0) is 50.1. The molecule has 2 unspecified atom stereocenters. The summed E-state index contributed by atoms with van der Waals surface area (Å²) < 4.78 is 0. The van der Waals surface area contributed by atoms with Crippen LogP contribution in [0, 0.1) is 0 Å². The zero-order valence-electron chi connectivity index (χ0n) is 41.1. The van der Waals surface area contributed by atoms with Gasteiger partial charge in [-0.1, -0.05) is 182 Å². The second-order valence-electron chi connectivity index (χ2n) is 19.8. The van der Waals surface area contributed by atoms with Gasteiger partial charge < -0.3 is 0 Å². The van der Waals surface area contributed by atoms with Crippen LogP contribution in [0.2, 0.25) is 0 Å². The monoisotopic (exact) mass is 968 g/mol. The molecule has 3 aliphatic rings. The highest BCUT2D eigenvalue weighted by molar-refractivity contribution is 5.87. The fraction of sp³-hybridized carbons (Fsp3) is 0.0286. The molecule has 6 nitrogen and oxygen atoms in total. The van der Waals surface area contributed by atoms with Gasteiger partial charge in [0.2, 0.25) is 0 Å². The van der Waals surface area contributed by atoms with Gasteiger partial charge in [0.1, 0.15) is 0 Å². The molecule has 16 rings (SSSR count). The maximum absolute atomic E-state index is 5.37. The molecule has 354 valence electrons. The van der Waals surface area contributed by atoms with Crippen LogP contribution in [-0.4, -0.2) is 29.9 Å². The molecule has 3 aliphatic carbocycles. The fourth-order valence-electron chi connectivity index (χ4n) is 11.6. The quantitative estimate of drug-likeness (QED) is 0.151. The van der Waals surface area contributed by atoms with Crippen LogP contribution in [0.1, 0.15) is 45.2 Å². The van der Waals surface area contributed by atoms with Crippen molar-refractivity contribution in [3.8, 4) is 90.1 Å². The lowest BCUT2D eigenvalue weighted by molar-refractivity contribution is 0.754. The van der Waals surface area contributed by atoms with Gasteiger partial charge in [0.05, 0.1) is 33.8 Å². The Labute approximate surface area is 439 Å². The van der Waals surface area contributed by atoms with Crippen molar-refractivity contribution < 1.29 is 0 Å². The van der Waals surface area contributed by atoms with E-state index in [1.54, 1.807) is 0 Å². The molecule has 0 aliphatic heterocycles. The largest absolute Gasteiger partial charge is 0.256 e. The molecule has 4 aromatic heterocycles. The van der Waals surface area contributed by atoms with Crippen molar-refractivity contribution in [2.75, 3.05) is 0 Å². The average molecular weight is 969 g/mol. The van der Waals surface area contributed by atoms with Crippen LogP contribution in [-0.2, 0) is 0 Å². The third kappa shape index (κ3) is 7.57. The molecule has 0 saturated heterocycles. The normalized spacial score (nSPS) is 14.1. The number of para-hydroxylation sites is 2. The number of nitrogens with zero attached hydrogens (tertiary/aromatic N) is 6. The van der Waals surface area contributed by atoms with Crippen molar-refractivity contribution in [1.82, 2.24) is 29.9 Å². The fourth-order valence-corrected chi connectivity index (χ4v) is 11.6. The summed E-state index contributed by atoms with van der Waals surface area (Å²) in [7, 11) is 0. The van der Waals surface area contributed by atoms with Gasteiger partial charge in [0.25, 0.3) is 0 Å². The van der Waals surface area contributed by atoms with Crippen LogP contribution in [0.3, 0.4) is 0 Å². The van der Waals surface area contributed by atoms with Crippen LogP contribution >= 0.6 is 0 Å². The molecule has 0 fully saturated rings. The van der Waals surface area contributed by atoms with Crippen molar-refractivity contribution in [3.63, 3.8) is 0 Å². The predicted molar refractivity (Wildman–Crippen MR) is 306 cm³/mol. The minimum Gasteiger partial charge on any atom is -0.256 e. The molecular formula is C70H44N6. The molecule has 0 radical (unpaired) electrons. The van der Waals surface area contributed by atoms with Crippen molar-refractivity contribution in [1.29, 1.82) is 0 Å². The first-order chi connectivity index (χ1) is 37.6. The third-order valence-electron chi connectivity index (χ3n) is 15.3. The van der Waals surface area contributed by atoms with E-state index in [0.29, 0.717) is 11.6 Å². The van der Waals surface area contributed by atoms with Crippen molar-refractivity contribution in [3.05, 3.63) is 288 Å². The molecule has 6 heteroatoms. The van der Waals surface area contributed by atoms with Gasteiger partial charge in [-0.25, -0.2) is 19.9 Å². The Balaban J connectivity index is 0.825. The number of pyridine rings is 2. The summed E-state index contributed by atoms with van der Waals surface area (Å²) in [6.07, 6.45) is 3.92. The van der Waals surface area contributed by atoms with Gasteiger partial charge in [0.15, 0.2) is 11.6 Å². The van der Waals surface area contributed by atoms with Crippen LogP contribution in [0.25, 0.3) is 112 Å². The number of fused-ring (bicyclic) bond motifs is 2. The lowest BCUT2D eigenvalue weighted by Crippen LogP contribution is -2.27. The topological polar surface area (TPSA) is 77.3 Å². The molecule has 2 bridgehead atoms. The predicted octanol–water partition coefficient (Wildman–Crippen LogP) is 16.7. The smallest absolute Gasteiger partial charge is 0.160 e. The van der Waals surface area contributed by atoms with Crippen LogP contribution < -0.4 is 0 Å². The first-order valence-corrected chi connectivity index (χ1v) is 25.8. The van der Waals surface area contributed by atoms with Crippen molar-refractivity contribution in [2.45, 2.75) is 11.8 Å².